The molecule has 94 valence electrons. The summed E-state index contributed by atoms with van der Waals surface area (Å²) in [6.45, 7) is 4.01. The first kappa shape index (κ1) is 13.4. The summed E-state index contributed by atoms with van der Waals surface area (Å²) in [4.78, 5) is 15.7. The Labute approximate surface area is 102 Å². The molecule has 0 fully saturated rings. The van der Waals surface area contributed by atoms with Gasteiger partial charge < -0.3 is 15.4 Å². The summed E-state index contributed by atoms with van der Waals surface area (Å²) in [5.74, 6) is -0.137. The maximum atomic E-state index is 11.7. The fourth-order valence-corrected chi connectivity index (χ4v) is 1.29. The smallest absolute Gasteiger partial charge is 0.269 e. The average Bonchev–Trinajstić information content (AvgIpc) is 2.36. The SMILES string of the molecule is CCCNC(=O)c1cc(NCCOC)ccn1. The van der Waals surface area contributed by atoms with Gasteiger partial charge in [-0.3, -0.25) is 9.78 Å². The summed E-state index contributed by atoms with van der Waals surface area (Å²) in [6, 6.07) is 3.56. The van der Waals surface area contributed by atoms with Crippen molar-refractivity contribution < 1.29 is 9.53 Å². The minimum Gasteiger partial charge on any atom is -0.383 e. The Morgan fingerprint density at radius 1 is 1.47 bits per heavy atom. The summed E-state index contributed by atoms with van der Waals surface area (Å²) in [5.41, 5.74) is 1.31. The summed E-state index contributed by atoms with van der Waals surface area (Å²) in [5, 5.41) is 5.94. The predicted octanol–water partition coefficient (Wildman–Crippen LogP) is 1.28. The van der Waals surface area contributed by atoms with Gasteiger partial charge in [0.2, 0.25) is 0 Å². The molecule has 0 saturated heterocycles. The molecule has 0 aromatic carbocycles. The highest BCUT2D eigenvalue weighted by molar-refractivity contribution is 5.93. The minimum absolute atomic E-state index is 0.137. The zero-order valence-corrected chi connectivity index (χ0v) is 10.3. The lowest BCUT2D eigenvalue weighted by Crippen LogP contribution is -2.25. The molecule has 0 bridgehead atoms. The first-order valence-corrected chi connectivity index (χ1v) is 5.75. The predicted molar refractivity (Wildman–Crippen MR) is 67.2 cm³/mol. The molecule has 0 spiro atoms. The number of hydrogen-bond donors (Lipinski definition) is 2. The molecule has 0 unspecified atom stereocenters. The van der Waals surface area contributed by atoms with Crippen LogP contribution >= 0.6 is 0 Å². The number of ether oxygens (including phenoxy) is 1. The van der Waals surface area contributed by atoms with Crippen LogP contribution < -0.4 is 10.6 Å². The van der Waals surface area contributed by atoms with E-state index in [4.69, 9.17) is 4.74 Å². The summed E-state index contributed by atoms with van der Waals surface area (Å²) >= 11 is 0. The van der Waals surface area contributed by atoms with Crippen LogP contribution in [0.4, 0.5) is 5.69 Å². The van der Waals surface area contributed by atoms with Crippen molar-refractivity contribution in [3.05, 3.63) is 24.0 Å². The first-order valence-electron chi connectivity index (χ1n) is 5.75. The van der Waals surface area contributed by atoms with Crippen LogP contribution in [0.1, 0.15) is 23.8 Å². The standard InChI is InChI=1S/C12H19N3O2/c1-3-5-15-12(16)11-9-10(4-6-14-11)13-7-8-17-2/h4,6,9H,3,5,7-8H2,1-2H3,(H,13,14)(H,15,16). The van der Waals surface area contributed by atoms with Gasteiger partial charge in [-0.15, -0.1) is 0 Å². The van der Waals surface area contributed by atoms with E-state index >= 15 is 0 Å². The van der Waals surface area contributed by atoms with Gasteiger partial charge >= 0.3 is 0 Å². The number of methoxy groups -OCH3 is 1. The average molecular weight is 237 g/mol. The van der Waals surface area contributed by atoms with Crippen LogP contribution in [0.5, 0.6) is 0 Å². The molecule has 1 aromatic heterocycles. The molecule has 17 heavy (non-hydrogen) atoms. The van der Waals surface area contributed by atoms with E-state index in [0.717, 1.165) is 12.1 Å². The largest absolute Gasteiger partial charge is 0.383 e. The number of rotatable bonds is 7. The molecule has 5 heteroatoms. The minimum atomic E-state index is -0.137. The lowest BCUT2D eigenvalue weighted by Gasteiger charge is -2.07. The number of hydrogen-bond acceptors (Lipinski definition) is 4. The normalized spacial score (nSPS) is 10.0. The molecule has 0 radical (unpaired) electrons. The maximum absolute atomic E-state index is 11.7. The van der Waals surface area contributed by atoms with Crippen LogP contribution in [0.15, 0.2) is 18.3 Å². The van der Waals surface area contributed by atoms with Crippen molar-refractivity contribution >= 4 is 11.6 Å². The summed E-state index contributed by atoms with van der Waals surface area (Å²) in [6.07, 6.45) is 2.54. The Morgan fingerprint density at radius 2 is 2.29 bits per heavy atom. The highest BCUT2D eigenvalue weighted by Gasteiger charge is 2.06. The second-order valence-electron chi connectivity index (χ2n) is 3.61. The molecular formula is C12H19N3O2. The van der Waals surface area contributed by atoms with Crippen molar-refractivity contribution in [1.82, 2.24) is 10.3 Å². The Balaban J connectivity index is 2.55. The molecule has 0 saturated carbocycles. The van der Waals surface area contributed by atoms with E-state index in [2.05, 4.69) is 15.6 Å². The number of carbonyl (C=O) groups excluding carboxylic acids is 1. The fourth-order valence-electron chi connectivity index (χ4n) is 1.29. The van der Waals surface area contributed by atoms with Gasteiger partial charge in [0.1, 0.15) is 5.69 Å². The Hall–Kier alpha value is -1.62. The molecule has 2 N–H and O–H groups in total. The van der Waals surface area contributed by atoms with E-state index in [9.17, 15) is 4.79 Å². The third-order valence-electron chi connectivity index (χ3n) is 2.16. The number of anilines is 1. The molecule has 0 aliphatic heterocycles. The van der Waals surface area contributed by atoms with Crippen molar-refractivity contribution in [2.75, 3.05) is 32.1 Å². The van der Waals surface area contributed by atoms with Crippen molar-refractivity contribution in [3.63, 3.8) is 0 Å². The quantitative estimate of drug-likeness (QED) is 0.701. The molecular weight excluding hydrogens is 218 g/mol. The molecule has 1 rings (SSSR count). The summed E-state index contributed by atoms with van der Waals surface area (Å²) < 4.78 is 4.94. The van der Waals surface area contributed by atoms with Gasteiger partial charge in [0.05, 0.1) is 6.61 Å². The number of aromatic nitrogens is 1. The van der Waals surface area contributed by atoms with Gasteiger partial charge in [-0.25, -0.2) is 0 Å². The van der Waals surface area contributed by atoms with E-state index in [1.165, 1.54) is 0 Å². The molecule has 5 nitrogen and oxygen atoms in total. The van der Waals surface area contributed by atoms with E-state index in [1.807, 2.05) is 13.0 Å². The molecule has 1 aromatic rings. The Morgan fingerprint density at radius 3 is 3.00 bits per heavy atom. The number of carbonyl (C=O) groups is 1. The topological polar surface area (TPSA) is 63.2 Å². The van der Waals surface area contributed by atoms with Gasteiger partial charge in [0, 0.05) is 32.1 Å². The molecule has 0 atom stereocenters. The van der Waals surface area contributed by atoms with Crippen LogP contribution in [0, 0.1) is 0 Å². The van der Waals surface area contributed by atoms with Crippen LogP contribution in [-0.4, -0.2) is 37.7 Å². The van der Waals surface area contributed by atoms with Crippen LogP contribution in [-0.2, 0) is 4.74 Å². The number of amides is 1. The van der Waals surface area contributed by atoms with E-state index in [1.54, 1.807) is 19.4 Å². The summed E-state index contributed by atoms with van der Waals surface area (Å²) in [7, 11) is 1.65. The van der Waals surface area contributed by atoms with Crippen molar-refractivity contribution in [2.24, 2.45) is 0 Å². The second-order valence-corrected chi connectivity index (χ2v) is 3.61. The van der Waals surface area contributed by atoms with Crippen molar-refractivity contribution in [3.8, 4) is 0 Å². The third-order valence-corrected chi connectivity index (χ3v) is 2.16. The lowest BCUT2D eigenvalue weighted by atomic mass is 10.3. The highest BCUT2D eigenvalue weighted by atomic mass is 16.5. The Bertz CT molecular complexity index is 355. The second kappa shape index (κ2) is 7.62. The molecule has 1 amide bonds. The Kier molecular flexibility index (Phi) is 6.03. The number of pyridine rings is 1. The number of nitrogens with zero attached hydrogens (tertiary/aromatic N) is 1. The lowest BCUT2D eigenvalue weighted by molar-refractivity contribution is 0.0949. The van der Waals surface area contributed by atoms with Gasteiger partial charge in [-0.05, 0) is 18.6 Å². The monoisotopic (exact) mass is 237 g/mol. The maximum Gasteiger partial charge on any atom is 0.269 e. The number of nitrogens with one attached hydrogen (secondary N) is 2. The van der Waals surface area contributed by atoms with Crippen molar-refractivity contribution in [1.29, 1.82) is 0 Å². The third kappa shape index (κ3) is 4.82. The van der Waals surface area contributed by atoms with Crippen LogP contribution in [0.2, 0.25) is 0 Å². The van der Waals surface area contributed by atoms with E-state index < -0.39 is 0 Å². The van der Waals surface area contributed by atoms with Gasteiger partial charge in [0.15, 0.2) is 0 Å². The van der Waals surface area contributed by atoms with Crippen LogP contribution in [0.3, 0.4) is 0 Å². The van der Waals surface area contributed by atoms with Crippen LogP contribution in [0.25, 0.3) is 0 Å². The zero-order valence-electron chi connectivity index (χ0n) is 10.3. The fraction of sp³-hybridized carbons (Fsp3) is 0.500. The molecule has 0 aliphatic rings. The van der Waals surface area contributed by atoms with Gasteiger partial charge in [-0.2, -0.15) is 0 Å². The first-order chi connectivity index (χ1) is 8.27. The molecule has 1 heterocycles. The van der Waals surface area contributed by atoms with E-state index in [-0.39, 0.29) is 5.91 Å². The molecule has 0 aliphatic carbocycles. The van der Waals surface area contributed by atoms with Gasteiger partial charge in [0.25, 0.3) is 5.91 Å². The zero-order chi connectivity index (χ0) is 12.5. The van der Waals surface area contributed by atoms with E-state index in [0.29, 0.717) is 25.4 Å². The van der Waals surface area contributed by atoms with Gasteiger partial charge in [-0.1, -0.05) is 6.92 Å². The highest BCUT2D eigenvalue weighted by Crippen LogP contribution is 2.07. The van der Waals surface area contributed by atoms with Crippen molar-refractivity contribution in [2.45, 2.75) is 13.3 Å².